The highest BCUT2D eigenvalue weighted by Gasteiger charge is 2.39. The highest BCUT2D eigenvalue weighted by molar-refractivity contribution is 4.90. The summed E-state index contributed by atoms with van der Waals surface area (Å²) < 4.78 is 0. The number of hydrogen-bond donors (Lipinski definition) is 1. The summed E-state index contributed by atoms with van der Waals surface area (Å²) in [4.78, 5) is 0. The van der Waals surface area contributed by atoms with Crippen LogP contribution in [0.25, 0.3) is 0 Å². The van der Waals surface area contributed by atoms with Crippen molar-refractivity contribution in [2.75, 3.05) is 13.1 Å². The van der Waals surface area contributed by atoms with Gasteiger partial charge < -0.3 is 5.32 Å². The molecule has 0 aromatic heterocycles. The van der Waals surface area contributed by atoms with Crippen molar-refractivity contribution >= 4 is 0 Å². The van der Waals surface area contributed by atoms with Crippen LogP contribution in [0.15, 0.2) is 0 Å². The molecule has 112 valence electrons. The van der Waals surface area contributed by atoms with Crippen molar-refractivity contribution in [3.63, 3.8) is 0 Å². The monoisotopic (exact) mass is 265 g/mol. The van der Waals surface area contributed by atoms with Gasteiger partial charge in [0, 0.05) is 0 Å². The zero-order chi connectivity index (χ0) is 13.9. The largest absolute Gasteiger partial charge is 0.317 e. The van der Waals surface area contributed by atoms with E-state index < -0.39 is 0 Å². The van der Waals surface area contributed by atoms with Gasteiger partial charge in [0.05, 0.1) is 0 Å². The Labute approximate surface area is 120 Å². The van der Waals surface area contributed by atoms with Gasteiger partial charge in [0.25, 0.3) is 0 Å². The first-order valence-corrected chi connectivity index (χ1v) is 8.72. The van der Waals surface area contributed by atoms with Crippen molar-refractivity contribution in [2.24, 2.45) is 29.1 Å². The average Bonchev–Trinajstić information content (AvgIpc) is 2.36. The maximum Gasteiger partial charge on any atom is -0.00179 e. The summed E-state index contributed by atoms with van der Waals surface area (Å²) in [5.74, 6) is 3.93. The van der Waals surface area contributed by atoms with Crippen LogP contribution in [0, 0.1) is 29.1 Å². The lowest BCUT2D eigenvalue weighted by molar-refractivity contribution is 0.0488. The minimum absolute atomic E-state index is 0.591. The molecule has 0 heterocycles. The molecular formula is C18H35N. The van der Waals surface area contributed by atoms with Gasteiger partial charge in [-0.1, -0.05) is 47.0 Å². The second kappa shape index (κ2) is 6.61. The molecule has 2 saturated carbocycles. The van der Waals surface area contributed by atoms with E-state index in [-0.39, 0.29) is 0 Å². The van der Waals surface area contributed by atoms with Crippen LogP contribution in [0.1, 0.15) is 72.6 Å². The molecule has 4 unspecified atom stereocenters. The fraction of sp³-hybridized carbons (Fsp3) is 1.00. The third-order valence-electron chi connectivity index (χ3n) is 5.82. The average molecular weight is 265 g/mol. The van der Waals surface area contributed by atoms with Gasteiger partial charge >= 0.3 is 0 Å². The molecule has 0 radical (unpaired) electrons. The normalized spacial score (nSPS) is 39.2. The molecule has 4 atom stereocenters. The van der Waals surface area contributed by atoms with Gasteiger partial charge in [0.15, 0.2) is 0 Å². The smallest absolute Gasteiger partial charge is 0.00179 e. The van der Waals surface area contributed by atoms with Crippen molar-refractivity contribution < 1.29 is 0 Å². The highest BCUT2D eigenvalue weighted by atomic mass is 14.8. The predicted molar refractivity (Wildman–Crippen MR) is 84.3 cm³/mol. The Balaban J connectivity index is 2.01. The van der Waals surface area contributed by atoms with Gasteiger partial charge in [-0.25, -0.2) is 0 Å². The van der Waals surface area contributed by atoms with E-state index in [1.807, 2.05) is 0 Å². The van der Waals surface area contributed by atoms with Crippen LogP contribution in [0.4, 0.5) is 0 Å². The van der Waals surface area contributed by atoms with Crippen LogP contribution in [0.5, 0.6) is 0 Å². The van der Waals surface area contributed by atoms with E-state index in [2.05, 4.69) is 33.0 Å². The first-order valence-electron chi connectivity index (χ1n) is 8.72. The van der Waals surface area contributed by atoms with Crippen molar-refractivity contribution in [1.82, 2.24) is 5.32 Å². The van der Waals surface area contributed by atoms with Crippen molar-refractivity contribution in [2.45, 2.75) is 72.6 Å². The van der Waals surface area contributed by atoms with Gasteiger partial charge in [-0.3, -0.25) is 0 Å². The Hall–Kier alpha value is -0.0400. The lowest BCUT2D eigenvalue weighted by atomic mass is 9.60. The molecule has 19 heavy (non-hydrogen) atoms. The molecule has 0 aliphatic heterocycles. The molecule has 0 spiro atoms. The minimum atomic E-state index is 0.591. The molecule has 0 amide bonds. The molecule has 0 aromatic carbocycles. The molecule has 1 heteroatoms. The molecule has 0 saturated heterocycles. The Morgan fingerprint density at radius 3 is 2.63 bits per heavy atom. The quantitative estimate of drug-likeness (QED) is 0.765. The molecule has 2 rings (SSSR count). The van der Waals surface area contributed by atoms with Crippen molar-refractivity contribution in [3.05, 3.63) is 0 Å². The maximum atomic E-state index is 3.63. The summed E-state index contributed by atoms with van der Waals surface area (Å²) in [6.45, 7) is 12.1. The van der Waals surface area contributed by atoms with Crippen LogP contribution in [-0.2, 0) is 0 Å². The summed E-state index contributed by atoms with van der Waals surface area (Å²) in [5.41, 5.74) is 0.591. The van der Waals surface area contributed by atoms with E-state index in [1.165, 1.54) is 51.5 Å². The third-order valence-corrected chi connectivity index (χ3v) is 5.82. The Bertz CT molecular complexity index is 271. The zero-order valence-electron chi connectivity index (χ0n) is 13.7. The van der Waals surface area contributed by atoms with Crippen LogP contribution >= 0.6 is 0 Å². The minimum Gasteiger partial charge on any atom is -0.317 e. The summed E-state index contributed by atoms with van der Waals surface area (Å²) in [7, 11) is 0. The van der Waals surface area contributed by atoms with Gasteiger partial charge in [-0.05, 0) is 67.9 Å². The fourth-order valence-electron chi connectivity index (χ4n) is 4.70. The van der Waals surface area contributed by atoms with E-state index in [4.69, 9.17) is 0 Å². The topological polar surface area (TPSA) is 12.0 Å². The van der Waals surface area contributed by atoms with E-state index in [0.717, 1.165) is 30.2 Å². The van der Waals surface area contributed by atoms with Gasteiger partial charge in [0.1, 0.15) is 0 Å². The highest BCUT2D eigenvalue weighted by Crippen LogP contribution is 2.48. The third kappa shape index (κ3) is 4.21. The first-order chi connectivity index (χ1) is 9.02. The van der Waals surface area contributed by atoms with E-state index >= 15 is 0 Å². The molecule has 0 bridgehead atoms. The van der Waals surface area contributed by atoms with Gasteiger partial charge in [-0.15, -0.1) is 0 Å². The molecule has 2 aliphatic carbocycles. The molecular weight excluding hydrogens is 230 g/mol. The van der Waals surface area contributed by atoms with Gasteiger partial charge in [-0.2, -0.15) is 0 Å². The maximum absolute atomic E-state index is 3.63. The van der Waals surface area contributed by atoms with Crippen LogP contribution in [0.2, 0.25) is 0 Å². The number of nitrogens with one attached hydrogen (secondary N) is 1. The van der Waals surface area contributed by atoms with Crippen molar-refractivity contribution in [1.29, 1.82) is 0 Å². The first kappa shape index (κ1) is 15.4. The predicted octanol–water partition coefficient (Wildman–Crippen LogP) is 4.86. The SMILES string of the molecule is CCNCC1CCC(C)(C)CC1C1CCCC(C)C1. The molecule has 0 aromatic rings. The Morgan fingerprint density at radius 1 is 1.16 bits per heavy atom. The van der Waals surface area contributed by atoms with E-state index in [0.29, 0.717) is 5.41 Å². The van der Waals surface area contributed by atoms with Crippen LogP contribution in [-0.4, -0.2) is 13.1 Å². The second-order valence-electron chi connectivity index (χ2n) is 8.17. The van der Waals surface area contributed by atoms with Gasteiger partial charge in [0.2, 0.25) is 0 Å². The van der Waals surface area contributed by atoms with E-state index in [1.54, 1.807) is 0 Å². The summed E-state index contributed by atoms with van der Waals surface area (Å²) >= 11 is 0. The van der Waals surface area contributed by atoms with E-state index in [9.17, 15) is 0 Å². The molecule has 2 fully saturated rings. The number of rotatable bonds is 4. The standard InChI is InChI=1S/C18H35N/c1-5-19-13-16-9-10-18(3,4)12-17(16)15-8-6-7-14(2)11-15/h14-17,19H,5-13H2,1-4H3. The summed E-state index contributed by atoms with van der Waals surface area (Å²) in [5, 5.41) is 3.63. The van der Waals surface area contributed by atoms with Crippen LogP contribution in [0.3, 0.4) is 0 Å². The van der Waals surface area contributed by atoms with Crippen LogP contribution < -0.4 is 5.32 Å². The Morgan fingerprint density at radius 2 is 1.95 bits per heavy atom. The number of hydrogen-bond acceptors (Lipinski definition) is 1. The fourth-order valence-corrected chi connectivity index (χ4v) is 4.70. The lowest BCUT2D eigenvalue weighted by Crippen LogP contribution is -2.40. The van der Waals surface area contributed by atoms with Crippen molar-refractivity contribution in [3.8, 4) is 0 Å². The summed E-state index contributed by atoms with van der Waals surface area (Å²) in [6, 6.07) is 0. The zero-order valence-corrected chi connectivity index (χ0v) is 13.7. The molecule has 1 N–H and O–H groups in total. The lowest BCUT2D eigenvalue weighted by Gasteiger charge is -2.46. The second-order valence-corrected chi connectivity index (χ2v) is 8.17. The summed E-state index contributed by atoms with van der Waals surface area (Å²) in [6.07, 6.45) is 10.3. The molecule has 1 nitrogen and oxygen atoms in total. The molecule has 2 aliphatic rings. The Kier molecular flexibility index (Phi) is 5.34.